The van der Waals surface area contributed by atoms with Crippen LogP contribution in [0.1, 0.15) is 25.7 Å². The molecule has 2 saturated carbocycles. The second kappa shape index (κ2) is 6.48. The Labute approximate surface area is 133 Å². The van der Waals surface area contributed by atoms with Gasteiger partial charge in [0.15, 0.2) is 5.11 Å². The van der Waals surface area contributed by atoms with Crippen molar-refractivity contribution in [2.45, 2.75) is 42.4 Å². The summed E-state index contributed by atoms with van der Waals surface area (Å²) in [5, 5.41) is 7.16. The first-order chi connectivity index (χ1) is 10.1. The molecule has 3 rings (SSSR count). The number of hydrogen-bond donors (Lipinski definition) is 2. The molecule has 0 heterocycles. The summed E-state index contributed by atoms with van der Waals surface area (Å²) in [5.41, 5.74) is 0.828. The summed E-state index contributed by atoms with van der Waals surface area (Å²) in [7, 11) is 0. The van der Waals surface area contributed by atoms with Crippen molar-refractivity contribution in [1.82, 2.24) is 5.32 Å². The van der Waals surface area contributed by atoms with Crippen LogP contribution in [0.2, 0.25) is 0 Å². The lowest BCUT2D eigenvalue weighted by Gasteiger charge is -2.24. The highest BCUT2D eigenvalue weighted by atomic mass is 32.2. The van der Waals surface area contributed by atoms with Gasteiger partial charge in [-0.15, -0.1) is 0 Å². The fourth-order valence-electron chi connectivity index (χ4n) is 3.48. The maximum atomic E-state index is 12.2. The maximum Gasteiger partial charge on any atom is 0.288 e. The van der Waals surface area contributed by atoms with Gasteiger partial charge in [-0.25, -0.2) is 0 Å². The van der Waals surface area contributed by atoms with Crippen LogP contribution in [0.25, 0.3) is 0 Å². The summed E-state index contributed by atoms with van der Waals surface area (Å²) in [5.74, 6) is -0.745. The molecule has 0 aromatic heterocycles. The SMILES string of the molecule is FC(F)Sc1ccc(NC(=S)N[C@@H]2C[C@H]3CC[C@@H]2C3)cc1. The van der Waals surface area contributed by atoms with E-state index in [9.17, 15) is 8.78 Å². The molecule has 21 heavy (non-hydrogen) atoms. The number of fused-ring (bicyclic) bond motifs is 2. The highest BCUT2D eigenvalue weighted by molar-refractivity contribution is 7.99. The summed E-state index contributed by atoms with van der Waals surface area (Å²) < 4.78 is 24.5. The Morgan fingerprint density at radius 2 is 1.95 bits per heavy atom. The lowest BCUT2D eigenvalue weighted by atomic mass is 9.96. The van der Waals surface area contributed by atoms with Crippen molar-refractivity contribution in [1.29, 1.82) is 0 Å². The van der Waals surface area contributed by atoms with Gasteiger partial charge in [0.1, 0.15) is 0 Å². The topological polar surface area (TPSA) is 24.1 Å². The molecule has 6 heteroatoms. The fraction of sp³-hybridized carbons (Fsp3) is 0.533. The first-order valence-electron chi connectivity index (χ1n) is 7.22. The number of benzene rings is 1. The van der Waals surface area contributed by atoms with Crippen molar-refractivity contribution >= 4 is 34.8 Å². The van der Waals surface area contributed by atoms with Gasteiger partial charge in [0.05, 0.1) is 0 Å². The van der Waals surface area contributed by atoms with Gasteiger partial charge in [0.25, 0.3) is 5.76 Å². The lowest BCUT2D eigenvalue weighted by Crippen LogP contribution is -2.40. The molecule has 2 fully saturated rings. The van der Waals surface area contributed by atoms with Crippen LogP contribution in [-0.4, -0.2) is 16.9 Å². The van der Waals surface area contributed by atoms with Crippen molar-refractivity contribution in [2.75, 3.05) is 5.32 Å². The van der Waals surface area contributed by atoms with E-state index in [0.717, 1.165) is 17.5 Å². The van der Waals surface area contributed by atoms with Gasteiger partial charge in [0, 0.05) is 16.6 Å². The van der Waals surface area contributed by atoms with Crippen LogP contribution in [-0.2, 0) is 0 Å². The van der Waals surface area contributed by atoms with Crippen LogP contribution in [0.4, 0.5) is 14.5 Å². The number of thiocarbonyl (C=S) groups is 1. The van der Waals surface area contributed by atoms with E-state index in [1.54, 1.807) is 24.3 Å². The third-order valence-electron chi connectivity index (χ3n) is 4.39. The number of hydrogen-bond acceptors (Lipinski definition) is 2. The third-order valence-corrected chi connectivity index (χ3v) is 5.33. The van der Waals surface area contributed by atoms with E-state index in [0.29, 0.717) is 27.8 Å². The molecule has 2 N–H and O–H groups in total. The predicted molar refractivity (Wildman–Crippen MR) is 86.9 cm³/mol. The van der Waals surface area contributed by atoms with Crippen molar-refractivity contribution in [3.63, 3.8) is 0 Å². The van der Waals surface area contributed by atoms with Crippen molar-refractivity contribution in [3.8, 4) is 0 Å². The predicted octanol–water partition coefficient (Wildman–Crippen LogP) is 4.48. The van der Waals surface area contributed by atoms with Crippen LogP contribution in [0.3, 0.4) is 0 Å². The highest BCUT2D eigenvalue weighted by Gasteiger charge is 2.39. The Balaban J connectivity index is 1.50. The zero-order valence-electron chi connectivity index (χ0n) is 11.5. The third kappa shape index (κ3) is 3.86. The standard InChI is InChI=1S/C15H18F2N2S2/c16-14(17)21-12-5-3-11(4-6-12)18-15(20)19-13-8-9-1-2-10(13)7-9/h3-6,9-10,13-14H,1-2,7-8H2,(H2,18,19,20)/t9-,10+,13+/m0/s1. The Morgan fingerprint density at radius 1 is 1.19 bits per heavy atom. The second-order valence-corrected chi connectivity index (χ2v) is 7.25. The van der Waals surface area contributed by atoms with Crippen LogP contribution in [0, 0.1) is 11.8 Å². The minimum atomic E-state index is -2.38. The number of thioether (sulfide) groups is 1. The molecule has 114 valence electrons. The van der Waals surface area contributed by atoms with E-state index in [4.69, 9.17) is 12.2 Å². The van der Waals surface area contributed by atoms with E-state index >= 15 is 0 Å². The smallest absolute Gasteiger partial charge is 0.288 e. The normalized spacial score (nSPS) is 27.1. The molecule has 0 unspecified atom stereocenters. The molecule has 3 atom stereocenters. The van der Waals surface area contributed by atoms with E-state index in [1.165, 1.54) is 25.7 Å². The van der Waals surface area contributed by atoms with Crippen molar-refractivity contribution in [3.05, 3.63) is 24.3 Å². The highest BCUT2D eigenvalue weighted by Crippen LogP contribution is 2.44. The van der Waals surface area contributed by atoms with E-state index in [2.05, 4.69) is 10.6 Å². The average Bonchev–Trinajstić information content (AvgIpc) is 3.02. The molecule has 2 nitrogen and oxygen atoms in total. The summed E-state index contributed by atoms with van der Waals surface area (Å²) in [4.78, 5) is 0.558. The molecule has 2 aliphatic rings. The average molecular weight is 328 g/mol. The van der Waals surface area contributed by atoms with Crippen LogP contribution >= 0.6 is 24.0 Å². The Morgan fingerprint density at radius 3 is 2.52 bits per heavy atom. The summed E-state index contributed by atoms with van der Waals surface area (Å²) in [6.07, 6.45) is 5.23. The Bertz CT molecular complexity index is 507. The minimum absolute atomic E-state index is 0.498. The van der Waals surface area contributed by atoms with Gasteiger partial charge in [-0.1, -0.05) is 18.2 Å². The van der Waals surface area contributed by atoms with Crippen molar-refractivity contribution < 1.29 is 8.78 Å². The van der Waals surface area contributed by atoms with Gasteiger partial charge in [-0.2, -0.15) is 8.78 Å². The summed E-state index contributed by atoms with van der Waals surface area (Å²) in [6.45, 7) is 0. The van der Waals surface area contributed by atoms with Gasteiger partial charge in [0.2, 0.25) is 0 Å². The number of halogens is 2. The molecule has 0 radical (unpaired) electrons. The molecule has 2 aliphatic carbocycles. The van der Waals surface area contributed by atoms with Crippen LogP contribution < -0.4 is 10.6 Å². The number of rotatable bonds is 4. The van der Waals surface area contributed by atoms with Gasteiger partial charge < -0.3 is 10.6 Å². The zero-order valence-corrected chi connectivity index (χ0v) is 13.2. The van der Waals surface area contributed by atoms with Crippen LogP contribution in [0.5, 0.6) is 0 Å². The van der Waals surface area contributed by atoms with Gasteiger partial charge in [-0.3, -0.25) is 0 Å². The molecule has 2 bridgehead atoms. The molecular weight excluding hydrogens is 310 g/mol. The largest absolute Gasteiger partial charge is 0.359 e. The first-order valence-corrected chi connectivity index (χ1v) is 8.51. The minimum Gasteiger partial charge on any atom is -0.359 e. The molecular formula is C15H18F2N2S2. The molecule has 0 aliphatic heterocycles. The fourth-order valence-corrected chi connectivity index (χ4v) is 4.24. The lowest BCUT2D eigenvalue weighted by molar-refractivity contribution is 0.252. The molecule has 1 aromatic carbocycles. The number of nitrogens with one attached hydrogen (secondary N) is 2. The van der Waals surface area contributed by atoms with E-state index < -0.39 is 5.76 Å². The van der Waals surface area contributed by atoms with Gasteiger partial charge >= 0.3 is 0 Å². The Hall–Kier alpha value is -0.880. The quantitative estimate of drug-likeness (QED) is 0.629. The number of anilines is 1. The summed E-state index contributed by atoms with van der Waals surface area (Å²) >= 11 is 5.89. The first kappa shape index (κ1) is 15.0. The van der Waals surface area contributed by atoms with E-state index in [-0.39, 0.29) is 0 Å². The molecule has 0 spiro atoms. The van der Waals surface area contributed by atoms with Crippen LogP contribution in [0.15, 0.2) is 29.2 Å². The van der Waals surface area contributed by atoms with Gasteiger partial charge in [-0.05, 0) is 67.6 Å². The molecule has 1 aromatic rings. The Kier molecular flexibility index (Phi) is 4.64. The number of alkyl halides is 2. The molecule has 0 amide bonds. The monoisotopic (exact) mass is 328 g/mol. The molecule has 0 saturated heterocycles. The zero-order chi connectivity index (χ0) is 14.8. The summed E-state index contributed by atoms with van der Waals surface area (Å²) in [6, 6.07) is 7.41. The second-order valence-electron chi connectivity index (χ2n) is 5.78. The maximum absolute atomic E-state index is 12.2. The van der Waals surface area contributed by atoms with Crippen molar-refractivity contribution in [2.24, 2.45) is 11.8 Å². The van der Waals surface area contributed by atoms with E-state index in [1.807, 2.05) is 0 Å².